The van der Waals surface area contributed by atoms with Gasteiger partial charge in [0.1, 0.15) is 6.10 Å². The molecule has 0 aromatic carbocycles. The molecule has 1 atom stereocenters. The second-order valence-electron chi connectivity index (χ2n) is 2.91. The van der Waals surface area contributed by atoms with Gasteiger partial charge in [-0.05, 0) is 31.8 Å². The van der Waals surface area contributed by atoms with Crippen LogP contribution in [0, 0.1) is 0 Å². The fraction of sp³-hybridized carbons (Fsp3) is 0.600. The van der Waals surface area contributed by atoms with Crippen molar-refractivity contribution in [2.24, 2.45) is 0 Å². The molecule has 1 heteroatoms. The molecule has 0 saturated heterocycles. The standard InChI is InChI=1S/C10H16O/c1-2-11-10-8-6-4-3-5-7-9-10/h2,6,8,10H,1,3-5,7,9H2. The normalized spacial score (nSPS) is 25.3. The Labute approximate surface area is 68.8 Å². The Morgan fingerprint density at radius 3 is 3.09 bits per heavy atom. The summed E-state index contributed by atoms with van der Waals surface area (Å²) in [5, 5.41) is 0. The number of hydrogen-bond acceptors (Lipinski definition) is 1. The van der Waals surface area contributed by atoms with Crippen LogP contribution in [0.1, 0.15) is 32.1 Å². The predicted octanol–water partition coefficient (Wildman–Crippen LogP) is 3.04. The zero-order valence-corrected chi connectivity index (χ0v) is 6.96. The highest BCUT2D eigenvalue weighted by Gasteiger charge is 2.04. The highest BCUT2D eigenvalue weighted by atomic mass is 16.5. The van der Waals surface area contributed by atoms with Gasteiger partial charge in [-0.1, -0.05) is 19.1 Å². The van der Waals surface area contributed by atoms with Crippen LogP contribution in [0.5, 0.6) is 0 Å². The molecule has 0 spiro atoms. The lowest BCUT2D eigenvalue weighted by Crippen LogP contribution is -2.06. The highest BCUT2D eigenvalue weighted by molar-refractivity contribution is 4.91. The van der Waals surface area contributed by atoms with Crippen molar-refractivity contribution in [1.29, 1.82) is 0 Å². The molecule has 0 radical (unpaired) electrons. The third-order valence-corrected chi connectivity index (χ3v) is 1.98. The summed E-state index contributed by atoms with van der Waals surface area (Å²) >= 11 is 0. The van der Waals surface area contributed by atoms with Crippen LogP contribution < -0.4 is 0 Å². The lowest BCUT2D eigenvalue weighted by Gasteiger charge is -2.13. The predicted molar refractivity (Wildman–Crippen MR) is 47.3 cm³/mol. The second-order valence-corrected chi connectivity index (χ2v) is 2.91. The number of hydrogen-bond donors (Lipinski definition) is 0. The molecule has 1 aliphatic rings. The van der Waals surface area contributed by atoms with E-state index >= 15 is 0 Å². The number of ether oxygens (including phenoxy) is 1. The van der Waals surface area contributed by atoms with E-state index in [-0.39, 0.29) is 6.10 Å². The monoisotopic (exact) mass is 152 g/mol. The third-order valence-electron chi connectivity index (χ3n) is 1.98. The summed E-state index contributed by atoms with van der Waals surface area (Å²) in [5.41, 5.74) is 0. The van der Waals surface area contributed by atoms with E-state index in [4.69, 9.17) is 4.74 Å². The molecule has 0 aromatic rings. The van der Waals surface area contributed by atoms with Crippen LogP contribution in [0.2, 0.25) is 0 Å². The van der Waals surface area contributed by atoms with E-state index in [1.54, 1.807) is 0 Å². The zero-order valence-electron chi connectivity index (χ0n) is 6.96. The van der Waals surface area contributed by atoms with E-state index in [1.807, 2.05) is 0 Å². The first-order valence-corrected chi connectivity index (χ1v) is 4.36. The van der Waals surface area contributed by atoms with Crippen molar-refractivity contribution >= 4 is 0 Å². The van der Waals surface area contributed by atoms with Crippen molar-refractivity contribution in [3.05, 3.63) is 25.0 Å². The molecule has 0 aromatic heterocycles. The van der Waals surface area contributed by atoms with Crippen molar-refractivity contribution in [2.45, 2.75) is 38.2 Å². The molecule has 1 aliphatic carbocycles. The fourth-order valence-electron chi connectivity index (χ4n) is 1.37. The molecule has 11 heavy (non-hydrogen) atoms. The highest BCUT2D eigenvalue weighted by Crippen LogP contribution is 2.13. The van der Waals surface area contributed by atoms with Crippen LogP contribution >= 0.6 is 0 Å². The minimum Gasteiger partial charge on any atom is -0.495 e. The van der Waals surface area contributed by atoms with Crippen LogP contribution in [0.15, 0.2) is 25.0 Å². The van der Waals surface area contributed by atoms with Gasteiger partial charge in [-0.2, -0.15) is 0 Å². The molecule has 0 heterocycles. The summed E-state index contributed by atoms with van der Waals surface area (Å²) in [5.74, 6) is 0. The third kappa shape index (κ3) is 3.26. The van der Waals surface area contributed by atoms with E-state index < -0.39 is 0 Å². The molecular weight excluding hydrogens is 136 g/mol. The molecule has 1 rings (SSSR count). The Morgan fingerprint density at radius 2 is 2.27 bits per heavy atom. The molecule has 1 unspecified atom stereocenters. The molecule has 1 nitrogen and oxygen atoms in total. The van der Waals surface area contributed by atoms with Gasteiger partial charge < -0.3 is 4.74 Å². The molecular formula is C10H16O. The Balaban J connectivity index is 2.35. The van der Waals surface area contributed by atoms with Gasteiger partial charge >= 0.3 is 0 Å². The van der Waals surface area contributed by atoms with Gasteiger partial charge in [-0.15, -0.1) is 0 Å². The van der Waals surface area contributed by atoms with Crippen LogP contribution in [0.25, 0.3) is 0 Å². The van der Waals surface area contributed by atoms with Crippen LogP contribution in [0.4, 0.5) is 0 Å². The lowest BCUT2D eigenvalue weighted by atomic mass is 10.0. The smallest absolute Gasteiger partial charge is 0.116 e. The minimum absolute atomic E-state index is 0.285. The maximum atomic E-state index is 5.30. The molecule has 0 fully saturated rings. The van der Waals surface area contributed by atoms with E-state index in [2.05, 4.69) is 18.7 Å². The molecule has 0 amide bonds. The van der Waals surface area contributed by atoms with Gasteiger partial charge in [-0.3, -0.25) is 0 Å². The first-order valence-electron chi connectivity index (χ1n) is 4.36. The Kier molecular flexibility index (Phi) is 3.81. The second kappa shape index (κ2) is 5.00. The lowest BCUT2D eigenvalue weighted by molar-refractivity contribution is 0.173. The van der Waals surface area contributed by atoms with Crippen molar-refractivity contribution in [1.82, 2.24) is 0 Å². The number of rotatable bonds is 2. The zero-order chi connectivity index (χ0) is 7.94. The average Bonchev–Trinajstić information content (AvgIpc) is 1.94. The van der Waals surface area contributed by atoms with Gasteiger partial charge in [0, 0.05) is 0 Å². The molecule has 0 N–H and O–H groups in total. The van der Waals surface area contributed by atoms with Crippen molar-refractivity contribution in [2.75, 3.05) is 0 Å². The molecule has 0 aliphatic heterocycles. The molecule has 62 valence electrons. The van der Waals surface area contributed by atoms with E-state index in [9.17, 15) is 0 Å². The SMILES string of the molecule is C=COC1C=CCCCCC1. The van der Waals surface area contributed by atoms with Crippen molar-refractivity contribution in [3.8, 4) is 0 Å². The van der Waals surface area contributed by atoms with E-state index in [0.717, 1.165) is 6.42 Å². The van der Waals surface area contributed by atoms with Crippen LogP contribution in [0.3, 0.4) is 0 Å². The van der Waals surface area contributed by atoms with Gasteiger partial charge in [0.15, 0.2) is 0 Å². The topological polar surface area (TPSA) is 9.23 Å². The van der Waals surface area contributed by atoms with E-state index in [0.29, 0.717) is 0 Å². The minimum atomic E-state index is 0.285. The summed E-state index contributed by atoms with van der Waals surface area (Å²) < 4.78 is 5.30. The largest absolute Gasteiger partial charge is 0.495 e. The Bertz CT molecular complexity index is 138. The molecule has 0 saturated carbocycles. The van der Waals surface area contributed by atoms with Gasteiger partial charge in [-0.25, -0.2) is 0 Å². The summed E-state index contributed by atoms with van der Waals surface area (Å²) in [6.45, 7) is 3.55. The maximum Gasteiger partial charge on any atom is 0.116 e. The summed E-state index contributed by atoms with van der Waals surface area (Å²) in [6, 6.07) is 0. The van der Waals surface area contributed by atoms with Crippen molar-refractivity contribution in [3.63, 3.8) is 0 Å². The Morgan fingerprint density at radius 1 is 1.36 bits per heavy atom. The van der Waals surface area contributed by atoms with Gasteiger partial charge in [0.2, 0.25) is 0 Å². The summed E-state index contributed by atoms with van der Waals surface area (Å²) in [4.78, 5) is 0. The quantitative estimate of drug-likeness (QED) is 0.436. The first-order chi connectivity index (χ1) is 5.43. The molecule has 0 bridgehead atoms. The summed E-state index contributed by atoms with van der Waals surface area (Å²) in [6.07, 6.45) is 12.5. The first kappa shape index (κ1) is 8.38. The van der Waals surface area contributed by atoms with Crippen LogP contribution in [-0.4, -0.2) is 6.10 Å². The van der Waals surface area contributed by atoms with Gasteiger partial charge in [0.05, 0.1) is 6.26 Å². The Hall–Kier alpha value is -0.720. The van der Waals surface area contributed by atoms with Gasteiger partial charge in [0.25, 0.3) is 0 Å². The number of allylic oxidation sites excluding steroid dienone is 1. The van der Waals surface area contributed by atoms with E-state index in [1.165, 1.54) is 31.9 Å². The van der Waals surface area contributed by atoms with Crippen LogP contribution in [-0.2, 0) is 4.74 Å². The summed E-state index contributed by atoms with van der Waals surface area (Å²) in [7, 11) is 0. The maximum absolute atomic E-state index is 5.30. The van der Waals surface area contributed by atoms with Crippen molar-refractivity contribution < 1.29 is 4.74 Å². The fourth-order valence-corrected chi connectivity index (χ4v) is 1.37. The average molecular weight is 152 g/mol.